The van der Waals surface area contributed by atoms with Gasteiger partial charge in [-0.05, 0) is 30.2 Å². The van der Waals surface area contributed by atoms with Crippen LogP contribution in [0.15, 0.2) is 18.2 Å². The molecule has 1 atom stereocenters. The van der Waals surface area contributed by atoms with E-state index in [-0.39, 0.29) is 35.7 Å². The van der Waals surface area contributed by atoms with Gasteiger partial charge in [0.25, 0.3) is 0 Å². The van der Waals surface area contributed by atoms with E-state index < -0.39 is 21.6 Å². The number of carboxylic acid groups (broad SMARTS) is 1. The highest BCUT2D eigenvalue weighted by atomic mass is 35.5. The molecule has 1 N–H and O–H groups in total. The number of halogens is 2. The number of sulfone groups is 1. The standard InChI is InChI=1S/C13H15ClFNO4S/c14-10-3-9(4-11(15)5-10)6-16(7-13(17)18)12-1-2-21(19,20)8-12/h3-5,12H,1-2,6-8H2,(H,17,18). The van der Waals surface area contributed by atoms with Crippen LogP contribution in [0.3, 0.4) is 0 Å². The minimum Gasteiger partial charge on any atom is -0.480 e. The van der Waals surface area contributed by atoms with Gasteiger partial charge in [-0.3, -0.25) is 9.69 Å². The lowest BCUT2D eigenvalue weighted by atomic mass is 10.1. The van der Waals surface area contributed by atoms with Crippen molar-refractivity contribution in [1.29, 1.82) is 0 Å². The van der Waals surface area contributed by atoms with Gasteiger partial charge in [0.15, 0.2) is 9.84 Å². The van der Waals surface area contributed by atoms with E-state index in [9.17, 15) is 17.6 Å². The molecule has 0 aromatic heterocycles. The first kappa shape index (κ1) is 16.2. The van der Waals surface area contributed by atoms with Crippen molar-refractivity contribution in [3.63, 3.8) is 0 Å². The number of hydrogen-bond acceptors (Lipinski definition) is 4. The molecule has 8 heteroatoms. The number of benzene rings is 1. The van der Waals surface area contributed by atoms with Gasteiger partial charge in [-0.2, -0.15) is 0 Å². The van der Waals surface area contributed by atoms with Gasteiger partial charge in [-0.25, -0.2) is 12.8 Å². The van der Waals surface area contributed by atoms with Gasteiger partial charge in [-0.15, -0.1) is 0 Å². The second-order valence-electron chi connectivity index (χ2n) is 5.13. The molecule has 0 spiro atoms. The van der Waals surface area contributed by atoms with Crippen LogP contribution >= 0.6 is 11.6 Å². The molecule has 0 saturated carbocycles. The fourth-order valence-corrected chi connectivity index (χ4v) is 4.49. The maximum absolute atomic E-state index is 13.3. The molecule has 0 radical (unpaired) electrons. The zero-order valence-electron chi connectivity index (χ0n) is 11.1. The van der Waals surface area contributed by atoms with E-state index in [2.05, 4.69) is 0 Å². The predicted molar refractivity (Wildman–Crippen MR) is 76.5 cm³/mol. The lowest BCUT2D eigenvalue weighted by Gasteiger charge is -2.26. The zero-order valence-corrected chi connectivity index (χ0v) is 12.7. The van der Waals surface area contributed by atoms with Crippen LogP contribution in [0.4, 0.5) is 4.39 Å². The van der Waals surface area contributed by atoms with Gasteiger partial charge in [0.2, 0.25) is 0 Å². The first-order valence-corrected chi connectivity index (χ1v) is 8.56. The molecular formula is C13H15ClFNO4S. The van der Waals surface area contributed by atoms with E-state index in [1.165, 1.54) is 11.0 Å². The summed E-state index contributed by atoms with van der Waals surface area (Å²) in [5.41, 5.74) is 0.519. The Balaban J connectivity index is 2.18. The van der Waals surface area contributed by atoms with E-state index in [1.807, 2.05) is 0 Å². The molecule has 1 aromatic carbocycles. The first-order valence-electron chi connectivity index (χ1n) is 6.36. The third-order valence-electron chi connectivity index (χ3n) is 3.37. The van der Waals surface area contributed by atoms with E-state index >= 15 is 0 Å². The summed E-state index contributed by atoms with van der Waals surface area (Å²) in [4.78, 5) is 12.5. The van der Waals surface area contributed by atoms with E-state index in [1.54, 1.807) is 6.07 Å². The number of carbonyl (C=O) groups is 1. The molecule has 1 aromatic rings. The summed E-state index contributed by atoms with van der Waals surface area (Å²) in [6.07, 6.45) is 0.388. The van der Waals surface area contributed by atoms with Gasteiger partial charge in [0, 0.05) is 17.6 Å². The van der Waals surface area contributed by atoms with Crippen LogP contribution in [0.25, 0.3) is 0 Å². The summed E-state index contributed by atoms with van der Waals surface area (Å²) in [7, 11) is -3.12. The molecule has 1 aliphatic rings. The van der Waals surface area contributed by atoms with Crippen molar-refractivity contribution in [2.75, 3.05) is 18.1 Å². The van der Waals surface area contributed by atoms with Gasteiger partial charge < -0.3 is 5.11 Å². The predicted octanol–water partition coefficient (Wildman–Crippen LogP) is 1.55. The molecule has 1 saturated heterocycles. The van der Waals surface area contributed by atoms with Crippen molar-refractivity contribution in [2.24, 2.45) is 0 Å². The number of carboxylic acids is 1. The zero-order chi connectivity index (χ0) is 15.6. The third-order valence-corrected chi connectivity index (χ3v) is 5.34. The van der Waals surface area contributed by atoms with Crippen molar-refractivity contribution in [2.45, 2.75) is 19.0 Å². The Morgan fingerprint density at radius 3 is 2.67 bits per heavy atom. The van der Waals surface area contributed by atoms with Crippen LogP contribution in [0, 0.1) is 5.82 Å². The molecule has 0 aliphatic carbocycles. The number of rotatable bonds is 5. The smallest absolute Gasteiger partial charge is 0.317 e. The molecule has 2 rings (SSSR count). The van der Waals surface area contributed by atoms with E-state index in [0.29, 0.717) is 12.0 Å². The van der Waals surface area contributed by atoms with Crippen molar-refractivity contribution in [3.05, 3.63) is 34.6 Å². The van der Waals surface area contributed by atoms with Crippen LogP contribution in [0.1, 0.15) is 12.0 Å². The molecule has 0 amide bonds. The average Bonchev–Trinajstić information content (AvgIpc) is 2.67. The molecule has 5 nitrogen and oxygen atoms in total. The van der Waals surface area contributed by atoms with Gasteiger partial charge in [0.05, 0.1) is 18.1 Å². The Labute approximate surface area is 127 Å². The first-order chi connectivity index (χ1) is 9.75. The monoisotopic (exact) mass is 335 g/mol. The second-order valence-corrected chi connectivity index (χ2v) is 7.80. The summed E-state index contributed by atoms with van der Waals surface area (Å²) in [6.45, 7) is -0.154. The van der Waals surface area contributed by atoms with Crippen LogP contribution in [0.5, 0.6) is 0 Å². The topological polar surface area (TPSA) is 74.7 Å². The third kappa shape index (κ3) is 4.66. The number of nitrogens with zero attached hydrogens (tertiary/aromatic N) is 1. The van der Waals surface area contributed by atoms with Crippen LogP contribution < -0.4 is 0 Å². The lowest BCUT2D eigenvalue weighted by Crippen LogP contribution is -2.39. The average molecular weight is 336 g/mol. The molecular weight excluding hydrogens is 321 g/mol. The van der Waals surface area contributed by atoms with Crippen LogP contribution in [-0.2, 0) is 21.2 Å². The molecule has 21 heavy (non-hydrogen) atoms. The van der Waals surface area contributed by atoms with Crippen molar-refractivity contribution >= 4 is 27.4 Å². The normalized spacial score (nSPS) is 20.8. The Morgan fingerprint density at radius 2 is 2.14 bits per heavy atom. The summed E-state index contributed by atoms with van der Waals surface area (Å²) in [6, 6.07) is 3.60. The quantitative estimate of drug-likeness (QED) is 0.883. The highest BCUT2D eigenvalue weighted by molar-refractivity contribution is 7.91. The Bertz CT molecular complexity index is 629. The Kier molecular flexibility index (Phi) is 4.85. The maximum atomic E-state index is 13.3. The fraction of sp³-hybridized carbons (Fsp3) is 0.462. The highest BCUT2D eigenvalue weighted by Crippen LogP contribution is 2.21. The molecule has 1 fully saturated rings. The Morgan fingerprint density at radius 1 is 1.43 bits per heavy atom. The van der Waals surface area contributed by atoms with Gasteiger partial charge in [-0.1, -0.05) is 11.6 Å². The number of aliphatic carboxylic acids is 1. The fourth-order valence-electron chi connectivity index (χ4n) is 2.49. The molecule has 116 valence electrons. The van der Waals surface area contributed by atoms with Crippen molar-refractivity contribution < 1.29 is 22.7 Å². The lowest BCUT2D eigenvalue weighted by molar-refractivity contribution is -0.139. The molecule has 1 unspecified atom stereocenters. The van der Waals surface area contributed by atoms with Crippen LogP contribution in [-0.4, -0.2) is 48.5 Å². The van der Waals surface area contributed by atoms with Crippen molar-refractivity contribution in [1.82, 2.24) is 4.90 Å². The number of hydrogen-bond donors (Lipinski definition) is 1. The largest absolute Gasteiger partial charge is 0.480 e. The Hall–Kier alpha value is -1.18. The molecule has 1 heterocycles. The molecule has 1 aliphatic heterocycles. The SMILES string of the molecule is O=C(O)CN(Cc1cc(F)cc(Cl)c1)C1CCS(=O)(=O)C1. The second kappa shape index (κ2) is 6.29. The van der Waals surface area contributed by atoms with E-state index in [4.69, 9.17) is 16.7 Å². The summed E-state index contributed by atoms with van der Waals surface area (Å²) >= 11 is 5.77. The minimum absolute atomic E-state index is 0.0533. The van der Waals surface area contributed by atoms with Crippen LogP contribution in [0.2, 0.25) is 5.02 Å². The summed E-state index contributed by atoms with van der Waals surface area (Å²) < 4.78 is 36.4. The minimum atomic E-state index is -3.12. The molecule has 0 bridgehead atoms. The van der Waals surface area contributed by atoms with E-state index in [0.717, 1.165) is 6.07 Å². The van der Waals surface area contributed by atoms with Gasteiger partial charge in [0.1, 0.15) is 5.82 Å². The highest BCUT2D eigenvalue weighted by Gasteiger charge is 2.33. The van der Waals surface area contributed by atoms with Gasteiger partial charge >= 0.3 is 5.97 Å². The summed E-state index contributed by atoms with van der Waals surface area (Å²) in [5.74, 6) is -1.57. The maximum Gasteiger partial charge on any atom is 0.317 e. The van der Waals surface area contributed by atoms with Crippen molar-refractivity contribution in [3.8, 4) is 0 Å². The summed E-state index contributed by atoms with van der Waals surface area (Å²) in [5, 5.41) is 9.19.